The molecule has 6 amide bonds. The predicted octanol–water partition coefficient (Wildman–Crippen LogP) is 7.23. The van der Waals surface area contributed by atoms with Gasteiger partial charge in [0, 0.05) is 37.3 Å². The third-order valence-corrected chi connectivity index (χ3v) is 13.0. The van der Waals surface area contributed by atoms with Crippen LogP contribution in [0.5, 0.6) is 0 Å². The molecule has 4 atom stereocenters. The monoisotopic (exact) mass is 896 g/mol. The van der Waals surface area contributed by atoms with Crippen LogP contribution in [0.15, 0.2) is 109 Å². The van der Waals surface area contributed by atoms with Crippen molar-refractivity contribution in [2.75, 3.05) is 20.1 Å². The summed E-state index contributed by atoms with van der Waals surface area (Å²) in [5.74, 6) is 3.68. The molecule has 4 aromatic carbocycles. The summed E-state index contributed by atoms with van der Waals surface area (Å²) in [6.07, 6.45) is -1.15. The number of likely N-dealkylation sites (tertiary alicyclic amines) is 2. The Morgan fingerprint density at radius 1 is 0.576 bits per heavy atom. The van der Waals surface area contributed by atoms with Crippen molar-refractivity contribution in [1.82, 2.24) is 19.6 Å². The van der Waals surface area contributed by atoms with E-state index >= 15 is 4.79 Å². The zero-order valence-corrected chi connectivity index (χ0v) is 38.7. The lowest BCUT2D eigenvalue weighted by atomic mass is 9.70. The van der Waals surface area contributed by atoms with Gasteiger partial charge in [0.05, 0.1) is 0 Å². The van der Waals surface area contributed by atoms with Gasteiger partial charge in [-0.1, -0.05) is 138 Å². The average Bonchev–Trinajstić information content (AvgIpc) is 3.93. The number of hydrogen-bond acceptors (Lipinski definition) is 6. The van der Waals surface area contributed by atoms with Gasteiger partial charge in [-0.15, -0.1) is 0 Å². The second-order valence-electron chi connectivity index (χ2n) is 19.4. The third kappa shape index (κ3) is 9.07. The number of carbonyl (C=O) groups excluding carboxylic acids is 4. The Hall–Kier alpha value is -7.14. The molecule has 0 saturated carbocycles. The number of rotatable bonds is 11. The van der Waals surface area contributed by atoms with Crippen molar-refractivity contribution in [2.45, 2.75) is 96.4 Å². The van der Waals surface area contributed by atoms with Gasteiger partial charge in [-0.3, -0.25) is 29.0 Å². The van der Waals surface area contributed by atoms with Crippen molar-refractivity contribution in [3.63, 3.8) is 0 Å². The first-order valence-electron chi connectivity index (χ1n) is 22.1. The lowest BCUT2D eigenvalue weighted by molar-refractivity contribution is -0.150. The SMILES string of the molecule is CN(C(=O)O)[C@H](C(=O)N1CCC[C@@]1(C(N)=O)c1ccc(C#Cc2ccc([C@]3(C(N)=O)CCCN3C(=O)[C@H](c3ccccc3)N(C(=O)O)C(C(C)(C)C)C(C)(C)C)cc2)cc1)c1ccccc1. The summed E-state index contributed by atoms with van der Waals surface area (Å²) in [5.41, 5.74) is 11.2. The van der Waals surface area contributed by atoms with Crippen LogP contribution < -0.4 is 11.5 Å². The summed E-state index contributed by atoms with van der Waals surface area (Å²) in [5, 5.41) is 20.8. The highest BCUT2D eigenvalue weighted by Gasteiger charge is 2.55. The number of primary amides is 2. The zero-order valence-electron chi connectivity index (χ0n) is 38.7. The fourth-order valence-electron chi connectivity index (χ4n) is 10.6. The Labute approximate surface area is 386 Å². The van der Waals surface area contributed by atoms with E-state index < -0.39 is 75.8 Å². The Morgan fingerprint density at radius 2 is 0.939 bits per heavy atom. The summed E-state index contributed by atoms with van der Waals surface area (Å²) >= 11 is 0. The molecule has 0 aromatic heterocycles. The average molecular weight is 897 g/mol. The lowest BCUT2D eigenvalue weighted by Gasteiger charge is -2.50. The van der Waals surface area contributed by atoms with Crippen LogP contribution in [0.1, 0.15) is 113 Å². The first kappa shape index (κ1) is 48.3. The van der Waals surface area contributed by atoms with Crippen molar-refractivity contribution >= 4 is 35.8 Å². The Bertz CT molecular complexity index is 2510. The number of benzene rings is 4. The minimum absolute atomic E-state index is 0.182. The molecule has 346 valence electrons. The number of carboxylic acid groups (broad SMARTS) is 2. The standard InChI is InChI=1S/C52H60N6O8/c1-49(2,3)44(50(4,5)6)58(48(65)66)41(37-18-12-9-13-19-37)43(60)57-33-15-31-52(57,46(54)62)39-28-24-35(25-29-39)21-20-34-22-26-38(27-23-34)51(45(53)61)30-14-32-56(51)42(59)40(55(7)47(63)64)36-16-10-8-11-17-36/h8-13,16-19,22-29,40-41,44H,14-15,30-33H2,1-7H3,(H2,53,61)(H2,54,62)(H,63,64)(H,65,66)/t40-,41-,51-,52-/m0/s1. The van der Waals surface area contributed by atoms with E-state index in [-0.39, 0.29) is 25.9 Å². The first-order chi connectivity index (χ1) is 31.1. The van der Waals surface area contributed by atoms with Gasteiger partial charge in [0.25, 0.3) is 11.8 Å². The molecule has 2 aliphatic heterocycles. The molecule has 2 saturated heterocycles. The second-order valence-corrected chi connectivity index (χ2v) is 19.4. The number of carbonyl (C=O) groups is 6. The topological polar surface area (TPSA) is 208 Å². The summed E-state index contributed by atoms with van der Waals surface area (Å²) in [7, 11) is 1.32. The molecule has 0 bridgehead atoms. The predicted molar refractivity (Wildman–Crippen MR) is 249 cm³/mol. The number of hydrogen-bond donors (Lipinski definition) is 4. The van der Waals surface area contributed by atoms with Gasteiger partial charge in [-0.25, -0.2) is 9.59 Å². The Balaban J connectivity index is 1.30. The fourth-order valence-corrected chi connectivity index (χ4v) is 10.6. The van der Waals surface area contributed by atoms with Gasteiger partial charge in [0.1, 0.15) is 23.2 Å². The van der Waals surface area contributed by atoms with Gasteiger partial charge in [-0.05, 0) is 83.0 Å². The molecule has 6 N–H and O–H groups in total. The molecular weight excluding hydrogens is 837 g/mol. The molecule has 66 heavy (non-hydrogen) atoms. The highest BCUT2D eigenvalue weighted by molar-refractivity contribution is 5.96. The van der Waals surface area contributed by atoms with Crippen molar-refractivity contribution in [1.29, 1.82) is 0 Å². The van der Waals surface area contributed by atoms with Gasteiger partial charge in [0.2, 0.25) is 11.8 Å². The minimum Gasteiger partial charge on any atom is -0.465 e. The van der Waals surface area contributed by atoms with Gasteiger partial charge in [-0.2, -0.15) is 0 Å². The first-order valence-corrected chi connectivity index (χ1v) is 22.1. The molecular formula is C52H60N6O8. The van der Waals surface area contributed by atoms with E-state index in [2.05, 4.69) is 11.8 Å². The third-order valence-electron chi connectivity index (χ3n) is 13.0. The number of amides is 6. The van der Waals surface area contributed by atoms with Crippen LogP contribution in [0.2, 0.25) is 0 Å². The number of nitrogens with zero attached hydrogens (tertiary/aromatic N) is 4. The molecule has 2 aliphatic rings. The van der Waals surface area contributed by atoms with E-state index in [9.17, 15) is 34.2 Å². The Kier molecular flexibility index (Phi) is 13.7. The maximum absolute atomic E-state index is 15.1. The van der Waals surface area contributed by atoms with E-state index in [1.54, 1.807) is 109 Å². The van der Waals surface area contributed by atoms with Crippen molar-refractivity contribution in [3.05, 3.63) is 143 Å². The van der Waals surface area contributed by atoms with E-state index in [1.807, 2.05) is 41.5 Å². The van der Waals surface area contributed by atoms with E-state index in [0.717, 1.165) is 4.90 Å². The van der Waals surface area contributed by atoms with Gasteiger partial charge >= 0.3 is 12.2 Å². The van der Waals surface area contributed by atoms with Crippen LogP contribution in [0.4, 0.5) is 9.59 Å². The molecule has 4 aromatic rings. The maximum Gasteiger partial charge on any atom is 0.408 e. The summed E-state index contributed by atoms with van der Waals surface area (Å²) < 4.78 is 0. The van der Waals surface area contributed by atoms with Crippen LogP contribution in [0.3, 0.4) is 0 Å². The molecule has 0 aliphatic carbocycles. The second kappa shape index (κ2) is 18.8. The zero-order chi connectivity index (χ0) is 48.4. The smallest absolute Gasteiger partial charge is 0.408 e. The van der Waals surface area contributed by atoms with Crippen molar-refractivity contribution in [3.8, 4) is 11.8 Å². The van der Waals surface area contributed by atoms with Crippen LogP contribution in [-0.4, -0.2) is 91.8 Å². The molecule has 14 nitrogen and oxygen atoms in total. The summed E-state index contributed by atoms with van der Waals surface area (Å²) in [6.45, 7) is 12.1. The van der Waals surface area contributed by atoms with E-state index in [4.69, 9.17) is 11.5 Å². The van der Waals surface area contributed by atoms with E-state index in [1.165, 1.54) is 21.7 Å². The normalized spacial score (nSPS) is 19.3. The maximum atomic E-state index is 15.1. The molecule has 0 radical (unpaired) electrons. The molecule has 2 fully saturated rings. The van der Waals surface area contributed by atoms with Crippen LogP contribution in [-0.2, 0) is 30.3 Å². The number of likely N-dealkylation sites (N-methyl/N-ethyl adjacent to an activating group) is 1. The molecule has 2 heterocycles. The highest BCUT2D eigenvalue weighted by Crippen LogP contribution is 2.46. The molecule has 0 unspecified atom stereocenters. The van der Waals surface area contributed by atoms with Crippen molar-refractivity contribution in [2.24, 2.45) is 22.3 Å². The molecule has 0 spiro atoms. The van der Waals surface area contributed by atoms with Crippen LogP contribution >= 0.6 is 0 Å². The van der Waals surface area contributed by atoms with Gasteiger partial charge in [0.15, 0.2) is 0 Å². The highest BCUT2D eigenvalue weighted by atomic mass is 16.4. The van der Waals surface area contributed by atoms with E-state index in [0.29, 0.717) is 46.2 Å². The van der Waals surface area contributed by atoms with Crippen LogP contribution in [0, 0.1) is 22.7 Å². The summed E-state index contributed by atoms with van der Waals surface area (Å²) in [6, 6.07) is 27.9. The van der Waals surface area contributed by atoms with Gasteiger partial charge < -0.3 is 31.5 Å². The lowest BCUT2D eigenvalue weighted by Crippen LogP contribution is -2.60. The quantitative estimate of drug-likeness (QED) is 0.113. The van der Waals surface area contributed by atoms with Crippen LogP contribution in [0.25, 0.3) is 0 Å². The molecule has 14 heteroatoms. The van der Waals surface area contributed by atoms with Crippen molar-refractivity contribution < 1.29 is 39.0 Å². The largest absolute Gasteiger partial charge is 0.465 e. The summed E-state index contributed by atoms with van der Waals surface area (Å²) in [4.78, 5) is 87.1. The fraction of sp³-hybridized carbons (Fsp3) is 0.385. The number of nitrogens with two attached hydrogens (primary N) is 2. The Morgan fingerprint density at radius 3 is 1.27 bits per heavy atom. The minimum atomic E-state index is -1.56. The molecule has 6 rings (SSSR count).